The largest absolute Gasteiger partial charge is 0.336 e. The number of carbonyl (C=O) groups is 1. The molecule has 10 heteroatoms. The SMILES string of the molecule is CC(=O)c1ccc(-c2nccc3[nH]c(-c4n[nH]c5ccc(-c6cnn(C)c6)nc45)nc23)s1. The van der Waals surface area contributed by atoms with Crippen molar-refractivity contribution in [3.05, 3.63) is 53.8 Å². The number of fused-ring (bicyclic) bond motifs is 2. The number of Topliss-reactive ketones (excluding diaryl/α,β-unsaturated/α-hetero) is 1. The molecule has 0 unspecified atom stereocenters. The first-order valence-corrected chi connectivity index (χ1v) is 10.7. The van der Waals surface area contributed by atoms with Gasteiger partial charge in [-0.05, 0) is 37.3 Å². The van der Waals surface area contributed by atoms with Crippen LogP contribution in [-0.4, -0.2) is 45.7 Å². The number of H-pyrrole nitrogens is 2. The summed E-state index contributed by atoms with van der Waals surface area (Å²) in [7, 11) is 1.87. The van der Waals surface area contributed by atoms with Crippen LogP contribution >= 0.6 is 11.3 Å². The van der Waals surface area contributed by atoms with Crippen LogP contribution < -0.4 is 0 Å². The molecule has 0 radical (unpaired) electrons. The second-order valence-electron chi connectivity index (χ2n) is 7.43. The minimum absolute atomic E-state index is 0.0367. The van der Waals surface area contributed by atoms with E-state index in [1.807, 2.05) is 43.6 Å². The first kappa shape index (κ1) is 18.6. The number of thiophene rings is 1. The quantitative estimate of drug-likeness (QED) is 0.396. The predicted molar refractivity (Wildman–Crippen MR) is 122 cm³/mol. The van der Waals surface area contributed by atoms with Gasteiger partial charge in [0, 0.05) is 25.0 Å². The van der Waals surface area contributed by atoms with E-state index in [9.17, 15) is 4.79 Å². The summed E-state index contributed by atoms with van der Waals surface area (Å²) in [4.78, 5) is 30.8. The lowest BCUT2D eigenvalue weighted by Gasteiger charge is -1.98. The molecule has 2 N–H and O–H groups in total. The second-order valence-corrected chi connectivity index (χ2v) is 8.51. The van der Waals surface area contributed by atoms with Gasteiger partial charge in [0.05, 0.1) is 32.7 Å². The van der Waals surface area contributed by atoms with E-state index in [0.29, 0.717) is 16.4 Å². The number of hydrogen-bond donors (Lipinski definition) is 2. The van der Waals surface area contributed by atoms with E-state index < -0.39 is 0 Å². The number of imidazole rings is 1. The molecule has 0 atom stereocenters. The summed E-state index contributed by atoms with van der Waals surface area (Å²) in [5, 5.41) is 11.7. The monoisotopic (exact) mass is 440 g/mol. The van der Waals surface area contributed by atoms with E-state index in [1.165, 1.54) is 11.3 Å². The third-order valence-corrected chi connectivity index (χ3v) is 6.41. The topological polar surface area (TPSA) is 118 Å². The first-order valence-electron chi connectivity index (χ1n) is 9.87. The molecule has 6 aromatic heterocycles. The van der Waals surface area contributed by atoms with Gasteiger partial charge in [-0.25, -0.2) is 9.97 Å². The Bertz CT molecular complexity index is 1640. The highest BCUT2D eigenvalue weighted by Gasteiger charge is 2.18. The van der Waals surface area contributed by atoms with Crippen LogP contribution in [0.3, 0.4) is 0 Å². The van der Waals surface area contributed by atoms with Gasteiger partial charge in [-0.3, -0.25) is 19.6 Å². The number of hydrogen-bond acceptors (Lipinski definition) is 7. The van der Waals surface area contributed by atoms with Crippen molar-refractivity contribution in [1.82, 2.24) is 39.9 Å². The Balaban J connectivity index is 1.49. The number of nitrogens with one attached hydrogen (secondary N) is 2. The molecule has 6 aromatic rings. The molecule has 0 aliphatic rings. The fraction of sp³-hybridized carbons (Fsp3) is 0.0909. The van der Waals surface area contributed by atoms with Gasteiger partial charge in [-0.2, -0.15) is 10.2 Å². The lowest BCUT2D eigenvalue weighted by Crippen LogP contribution is -1.87. The normalized spacial score (nSPS) is 11.6. The number of ketones is 1. The lowest BCUT2D eigenvalue weighted by molar-refractivity contribution is 0.102. The molecule has 32 heavy (non-hydrogen) atoms. The summed E-state index contributed by atoms with van der Waals surface area (Å²) in [6.07, 6.45) is 5.43. The number of aromatic nitrogens is 8. The number of nitrogens with zero attached hydrogens (tertiary/aromatic N) is 6. The molecule has 0 saturated carbocycles. The van der Waals surface area contributed by atoms with Gasteiger partial charge < -0.3 is 4.98 Å². The number of aromatic amines is 2. The Morgan fingerprint density at radius 2 is 1.91 bits per heavy atom. The van der Waals surface area contributed by atoms with E-state index in [1.54, 1.807) is 24.0 Å². The highest BCUT2D eigenvalue weighted by atomic mass is 32.1. The van der Waals surface area contributed by atoms with Gasteiger partial charge in [-0.1, -0.05) is 0 Å². The van der Waals surface area contributed by atoms with Gasteiger partial charge in [0.2, 0.25) is 0 Å². The average Bonchev–Trinajstić information content (AvgIpc) is 3.56. The summed E-state index contributed by atoms with van der Waals surface area (Å²) >= 11 is 1.41. The third kappa shape index (κ3) is 2.92. The Morgan fingerprint density at radius 1 is 1.03 bits per heavy atom. The summed E-state index contributed by atoms with van der Waals surface area (Å²) in [5.74, 6) is 0.634. The molecular weight excluding hydrogens is 424 g/mol. The summed E-state index contributed by atoms with van der Waals surface area (Å²) < 4.78 is 1.74. The smallest absolute Gasteiger partial charge is 0.169 e. The van der Waals surface area contributed by atoms with Gasteiger partial charge in [0.15, 0.2) is 17.3 Å². The molecule has 9 nitrogen and oxygen atoms in total. The molecule has 0 fully saturated rings. The standard InChI is InChI=1S/C22H16N8OS/c1-11(31)16-5-6-17(32-16)20-18-14(7-8-23-20)26-22(27-18)21-19-15(28-29-21)4-3-13(25-19)12-9-24-30(2)10-12/h3-10H,1-2H3,(H,26,27)(H,28,29). The highest BCUT2D eigenvalue weighted by molar-refractivity contribution is 7.17. The van der Waals surface area contributed by atoms with Gasteiger partial charge in [0.25, 0.3) is 0 Å². The zero-order chi connectivity index (χ0) is 21.8. The zero-order valence-electron chi connectivity index (χ0n) is 17.1. The first-order chi connectivity index (χ1) is 15.6. The molecule has 6 heterocycles. The Hall–Kier alpha value is -4.18. The van der Waals surface area contributed by atoms with E-state index in [-0.39, 0.29) is 5.78 Å². The maximum atomic E-state index is 11.7. The van der Waals surface area contributed by atoms with Crippen LogP contribution in [0.25, 0.3) is 55.4 Å². The van der Waals surface area contributed by atoms with E-state index in [2.05, 4.69) is 25.3 Å². The molecule has 0 aliphatic carbocycles. The molecule has 156 valence electrons. The van der Waals surface area contributed by atoms with Crippen molar-refractivity contribution in [3.8, 4) is 33.3 Å². The van der Waals surface area contributed by atoms with Crippen LogP contribution in [0.4, 0.5) is 0 Å². The van der Waals surface area contributed by atoms with E-state index in [4.69, 9.17) is 9.97 Å². The molecule has 0 saturated heterocycles. The molecule has 0 aromatic carbocycles. The molecule has 0 bridgehead atoms. The minimum Gasteiger partial charge on any atom is -0.336 e. The third-order valence-electron chi connectivity index (χ3n) is 5.22. The molecular formula is C22H16N8OS. The van der Waals surface area contributed by atoms with Crippen molar-refractivity contribution in [1.29, 1.82) is 0 Å². The fourth-order valence-electron chi connectivity index (χ4n) is 3.66. The molecule has 0 spiro atoms. The fourth-order valence-corrected chi connectivity index (χ4v) is 4.56. The highest BCUT2D eigenvalue weighted by Crippen LogP contribution is 2.33. The zero-order valence-corrected chi connectivity index (χ0v) is 17.9. The number of pyridine rings is 2. The number of carbonyl (C=O) groups excluding carboxylic acids is 1. The van der Waals surface area contributed by atoms with Crippen molar-refractivity contribution in [2.45, 2.75) is 6.92 Å². The Morgan fingerprint density at radius 3 is 2.69 bits per heavy atom. The van der Waals surface area contributed by atoms with Gasteiger partial charge in [0.1, 0.15) is 16.7 Å². The lowest BCUT2D eigenvalue weighted by atomic mass is 10.2. The van der Waals surface area contributed by atoms with E-state index >= 15 is 0 Å². The van der Waals surface area contributed by atoms with Crippen LogP contribution in [0.2, 0.25) is 0 Å². The van der Waals surface area contributed by atoms with Crippen LogP contribution in [0.15, 0.2) is 48.9 Å². The predicted octanol–water partition coefficient (Wildman–Crippen LogP) is 4.23. The maximum Gasteiger partial charge on any atom is 0.169 e. The van der Waals surface area contributed by atoms with Crippen molar-refractivity contribution in [2.24, 2.45) is 7.05 Å². The van der Waals surface area contributed by atoms with Crippen LogP contribution in [0, 0.1) is 0 Å². The van der Waals surface area contributed by atoms with Gasteiger partial charge in [-0.15, -0.1) is 11.3 Å². The van der Waals surface area contributed by atoms with Crippen molar-refractivity contribution >= 4 is 39.2 Å². The average molecular weight is 440 g/mol. The van der Waals surface area contributed by atoms with Crippen molar-refractivity contribution in [2.75, 3.05) is 0 Å². The van der Waals surface area contributed by atoms with E-state index in [0.717, 1.165) is 43.9 Å². The summed E-state index contributed by atoms with van der Waals surface area (Å²) in [5.41, 5.74) is 6.18. The minimum atomic E-state index is 0.0367. The van der Waals surface area contributed by atoms with Crippen molar-refractivity contribution < 1.29 is 4.79 Å². The molecule has 6 rings (SSSR count). The maximum absolute atomic E-state index is 11.7. The Labute approximate surface area is 185 Å². The van der Waals surface area contributed by atoms with Crippen molar-refractivity contribution in [3.63, 3.8) is 0 Å². The molecule has 0 aliphatic heterocycles. The number of rotatable bonds is 4. The Kier molecular flexibility index (Phi) is 4.02. The summed E-state index contributed by atoms with van der Waals surface area (Å²) in [6, 6.07) is 9.49. The van der Waals surface area contributed by atoms with Crippen LogP contribution in [0.5, 0.6) is 0 Å². The van der Waals surface area contributed by atoms with Crippen LogP contribution in [-0.2, 0) is 7.05 Å². The second kappa shape index (κ2) is 6.92. The van der Waals surface area contributed by atoms with Gasteiger partial charge >= 0.3 is 0 Å². The number of aryl methyl sites for hydroxylation is 1. The van der Waals surface area contributed by atoms with Crippen LogP contribution in [0.1, 0.15) is 16.6 Å². The molecule has 0 amide bonds. The summed E-state index contributed by atoms with van der Waals surface area (Å²) in [6.45, 7) is 1.56.